The molecule has 10 heteroatoms. The molecule has 0 aliphatic heterocycles. The highest BCUT2D eigenvalue weighted by atomic mass is 32.2. The van der Waals surface area contributed by atoms with Crippen LogP contribution in [0, 0.1) is 0 Å². The zero-order valence-electron chi connectivity index (χ0n) is 15.8. The third-order valence-corrected chi connectivity index (χ3v) is 4.78. The monoisotopic (exact) mass is 406 g/mol. The standard InChI is InChI=1S/C18H22N4O5S/c1-21-16(24)14(17(25)22(2)18(21)26)15(20-12-7-5-4-6-8-12)28-11-13(23)19-9-10-27-3/h4-8,24H,9-11H2,1-3H3,(H,19,23). The minimum Gasteiger partial charge on any atom is -0.494 e. The van der Waals surface area contributed by atoms with Gasteiger partial charge in [0.1, 0.15) is 10.6 Å². The molecule has 0 saturated heterocycles. The van der Waals surface area contributed by atoms with Crippen LogP contribution in [-0.2, 0) is 23.6 Å². The van der Waals surface area contributed by atoms with Gasteiger partial charge in [0.2, 0.25) is 11.8 Å². The van der Waals surface area contributed by atoms with Crippen molar-refractivity contribution in [3.05, 3.63) is 56.7 Å². The maximum atomic E-state index is 12.6. The third kappa shape index (κ3) is 5.11. The van der Waals surface area contributed by atoms with Crippen LogP contribution in [0.5, 0.6) is 5.88 Å². The van der Waals surface area contributed by atoms with Crippen molar-refractivity contribution in [2.24, 2.45) is 19.1 Å². The first-order valence-corrected chi connectivity index (χ1v) is 9.37. The first-order valence-electron chi connectivity index (χ1n) is 8.38. The maximum absolute atomic E-state index is 12.6. The predicted octanol–water partition coefficient (Wildman–Crippen LogP) is 0.364. The largest absolute Gasteiger partial charge is 0.494 e. The molecular formula is C18H22N4O5S. The Labute approximate surface area is 165 Å². The second-order valence-corrected chi connectivity index (χ2v) is 6.75. The van der Waals surface area contributed by atoms with Gasteiger partial charge < -0.3 is 15.2 Å². The van der Waals surface area contributed by atoms with E-state index in [1.54, 1.807) is 24.3 Å². The Morgan fingerprint density at radius 1 is 1.21 bits per heavy atom. The topological polar surface area (TPSA) is 115 Å². The Bertz CT molecular complexity index is 982. The number of rotatable bonds is 7. The molecule has 1 amide bonds. The van der Waals surface area contributed by atoms with E-state index in [0.29, 0.717) is 18.8 Å². The van der Waals surface area contributed by atoms with E-state index >= 15 is 0 Å². The molecule has 0 aliphatic rings. The highest BCUT2D eigenvalue weighted by molar-refractivity contribution is 8.15. The SMILES string of the molecule is COCCNC(=O)CSC(=Nc1ccccc1)c1c(O)n(C)c(=O)n(C)c1=O. The molecule has 150 valence electrons. The molecule has 0 spiro atoms. The van der Waals surface area contributed by atoms with Crippen molar-refractivity contribution >= 4 is 28.4 Å². The maximum Gasteiger partial charge on any atom is 0.333 e. The summed E-state index contributed by atoms with van der Waals surface area (Å²) >= 11 is 0.996. The number of aromatic hydroxyl groups is 1. The Balaban J connectivity index is 2.44. The molecule has 1 heterocycles. The quantitative estimate of drug-likeness (QED) is 0.390. The van der Waals surface area contributed by atoms with E-state index in [9.17, 15) is 19.5 Å². The molecule has 0 atom stereocenters. The van der Waals surface area contributed by atoms with Gasteiger partial charge in [-0.2, -0.15) is 0 Å². The zero-order chi connectivity index (χ0) is 20.7. The van der Waals surface area contributed by atoms with Gasteiger partial charge in [0.25, 0.3) is 5.56 Å². The van der Waals surface area contributed by atoms with Gasteiger partial charge in [-0.25, -0.2) is 9.79 Å². The Morgan fingerprint density at radius 3 is 2.54 bits per heavy atom. The Morgan fingerprint density at radius 2 is 1.89 bits per heavy atom. The lowest BCUT2D eigenvalue weighted by Gasteiger charge is -2.12. The minimum absolute atomic E-state index is 0.0270. The van der Waals surface area contributed by atoms with E-state index in [-0.39, 0.29) is 22.3 Å². The van der Waals surface area contributed by atoms with Gasteiger partial charge in [0.05, 0.1) is 18.0 Å². The number of ether oxygens (including phenoxy) is 1. The number of aliphatic imine (C=N–C) groups is 1. The number of nitrogens with one attached hydrogen (secondary N) is 1. The fraction of sp³-hybridized carbons (Fsp3) is 0.333. The molecule has 0 saturated carbocycles. The van der Waals surface area contributed by atoms with Crippen LogP contribution in [-0.4, -0.2) is 51.2 Å². The molecule has 28 heavy (non-hydrogen) atoms. The van der Waals surface area contributed by atoms with Crippen LogP contribution < -0.4 is 16.6 Å². The average molecular weight is 406 g/mol. The fourth-order valence-corrected chi connectivity index (χ4v) is 3.14. The Hall–Kier alpha value is -2.85. The minimum atomic E-state index is -0.692. The highest BCUT2D eigenvalue weighted by Gasteiger charge is 2.21. The van der Waals surface area contributed by atoms with E-state index < -0.39 is 17.1 Å². The molecule has 0 bridgehead atoms. The number of benzene rings is 1. The van der Waals surface area contributed by atoms with Crippen molar-refractivity contribution in [2.45, 2.75) is 0 Å². The van der Waals surface area contributed by atoms with E-state index in [4.69, 9.17) is 4.74 Å². The number of hydrogen-bond acceptors (Lipinski definition) is 7. The third-order valence-electron chi connectivity index (χ3n) is 3.80. The number of amides is 1. The summed E-state index contributed by atoms with van der Waals surface area (Å²) in [6.07, 6.45) is 0. The molecule has 1 aromatic carbocycles. The van der Waals surface area contributed by atoms with Crippen LogP contribution >= 0.6 is 11.8 Å². The van der Waals surface area contributed by atoms with E-state index in [0.717, 1.165) is 20.9 Å². The van der Waals surface area contributed by atoms with Crippen molar-refractivity contribution in [3.63, 3.8) is 0 Å². The normalized spacial score (nSPS) is 11.5. The molecule has 9 nitrogen and oxygen atoms in total. The van der Waals surface area contributed by atoms with Crippen molar-refractivity contribution in [3.8, 4) is 5.88 Å². The fourth-order valence-electron chi connectivity index (χ4n) is 2.28. The number of nitrogens with zero attached hydrogens (tertiary/aromatic N) is 3. The lowest BCUT2D eigenvalue weighted by molar-refractivity contribution is -0.118. The summed E-state index contributed by atoms with van der Waals surface area (Å²) in [5.41, 5.74) is -0.946. The lowest BCUT2D eigenvalue weighted by atomic mass is 10.3. The lowest BCUT2D eigenvalue weighted by Crippen LogP contribution is -2.40. The summed E-state index contributed by atoms with van der Waals surface area (Å²) in [5.74, 6) is -0.806. The molecule has 0 unspecified atom stereocenters. The number of hydrogen-bond donors (Lipinski definition) is 2. The first-order chi connectivity index (χ1) is 13.4. The molecule has 0 fully saturated rings. The summed E-state index contributed by atoms with van der Waals surface area (Å²) in [6, 6.07) is 8.82. The van der Waals surface area contributed by atoms with Gasteiger partial charge >= 0.3 is 5.69 Å². The average Bonchev–Trinajstić information content (AvgIpc) is 2.70. The number of carbonyl (C=O) groups excluding carboxylic acids is 1. The smallest absolute Gasteiger partial charge is 0.333 e. The summed E-state index contributed by atoms with van der Waals surface area (Å²) in [4.78, 5) is 41.1. The first kappa shape index (κ1) is 21.5. The molecule has 0 aliphatic carbocycles. The van der Waals surface area contributed by atoms with Crippen LogP contribution in [0.1, 0.15) is 5.56 Å². The van der Waals surface area contributed by atoms with E-state index in [2.05, 4.69) is 10.3 Å². The van der Waals surface area contributed by atoms with Crippen LogP contribution in [0.3, 0.4) is 0 Å². The van der Waals surface area contributed by atoms with Gasteiger partial charge in [-0.05, 0) is 12.1 Å². The summed E-state index contributed by atoms with van der Waals surface area (Å²) in [7, 11) is 4.20. The molecule has 1 aromatic heterocycles. The Kier molecular flexibility index (Phi) is 7.59. The van der Waals surface area contributed by atoms with E-state index in [1.165, 1.54) is 21.2 Å². The van der Waals surface area contributed by atoms with Crippen molar-refractivity contribution in [2.75, 3.05) is 26.0 Å². The van der Waals surface area contributed by atoms with Crippen LogP contribution in [0.15, 0.2) is 44.9 Å². The van der Waals surface area contributed by atoms with Gasteiger partial charge in [-0.3, -0.25) is 18.7 Å². The zero-order valence-corrected chi connectivity index (χ0v) is 16.7. The van der Waals surface area contributed by atoms with Crippen LogP contribution in [0.4, 0.5) is 5.69 Å². The van der Waals surface area contributed by atoms with Crippen LogP contribution in [0.25, 0.3) is 0 Å². The summed E-state index contributed by atoms with van der Waals surface area (Å²) in [6.45, 7) is 0.734. The number of aromatic nitrogens is 2. The number of para-hydroxylation sites is 1. The second-order valence-electron chi connectivity index (χ2n) is 5.79. The van der Waals surface area contributed by atoms with E-state index in [1.807, 2.05) is 6.07 Å². The second kappa shape index (κ2) is 9.90. The summed E-state index contributed by atoms with van der Waals surface area (Å²) < 4.78 is 6.72. The number of methoxy groups -OCH3 is 1. The van der Waals surface area contributed by atoms with Gasteiger partial charge in [0, 0.05) is 27.7 Å². The predicted molar refractivity (Wildman–Crippen MR) is 109 cm³/mol. The molecular weight excluding hydrogens is 384 g/mol. The molecule has 0 radical (unpaired) electrons. The number of carbonyl (C=O) groups is 1. The summed E-state index contributed by atoms with van der Waals surface area (Å²) in [5, 5.41) is 13.2. The van der Waals surface area contributed by atoms with Crippen molar-refractivity contribution in [1.29, 1.82) is 0 Å². The van der Waals surface area contributed by atoms with Gasteiger partial charge in [-0.15, -0.1) is 0 Å². The molecule has 2 N–H and O–H groups in total. The highest BCUT2D eigenvalue weighted by Crippen LogP contribution is 2.22. The van der Waals surface area contributed by atoms with Crippen molar-refractivity contribution < 1.29 is 14.6 Å². The van der Waals surface area contributed by atoms with Gasteiger partial charge in [-0.1, -0.05) is 30.0 Å². The van der Waals surface area contributed by atoms with Crippen molar-refractivity contribution in [1.82, 2.24) is 14.5 Å². The molecule has 2 aromatic rings. The molecule has 2 rings (SSSR count). The number of thioether (sulfide) groups is 1. The van der Waals surface area contributed by atoms with Gasteiger partial charge in [0.15, 0.2) is 0 Å². The van der Waals surface area contributed by atoms with Crippen LogP contribution in [0.2, 0.25) is 0 Å².